The Morgan fingerprint density at radius 3 is 1.26 bits per heavy atom. The van der Waals surface area contributed by atoms with E-state index in [-0.39, 0.29) is 12.5 Å². The van der Waals surface area contributed by atoms with Gasteiger partial charge in [-0.05, 0) is 96.3 Å². The average molecular weight is 1020 g/mol. The maximum absolute atomic E-state index is 13.0. The van der Waals surface area contributed by atoms with E-state index in [0.29, 0.717) is 6.42 Å². The number of amides is 1. The van der Waals surface area contributed by atoms with Crippen LogP contribution in [0.5, 0.6) is 0 Å². The summed E-state index contributed by atoms with van der Waals surface area (Å²) in [6, 6.07) is -0.828. The number of allylic oxidation sites excluding steroid dienone is 21. The molecule has 7 atom stereocenters. The number of ether oxygens (including phenoxy) is 2. The highest BCUT2D eigenvalue weighted by molar-refractivity contribution is 5.76. The SMILES string of the molecule is CC/C=C\C/C=C\C/C=C\C/C=C\C/C=C\C/C=C\C/C=C\C/C=C\C/C=C\C/C=C\CCCCCCC(=O)NC(COC1OC(CO)C(O)C(O)C1O)C(O)/C=C/CCCCCCCCCCCCCCC. The molecule has 1 aliphatic rings. The largest absolute Gasteiger partial charge is 0.394 e. The fourth-order valence-electron chi connectivity index (χ4n) is 8.18. The molecule has 1 amide bonds. The summed E-state index contributed by atoms with van der Waals surface area (Å²) in [5, 5.41) is 54.4. The Morgan fingerprint density at radius 2 is 0.849 bits per heavy atom. The van der Waals surface area contributed by atoms with Gasteiger partial charge in [-0.2, -0.15) is 0 Å². The number of carbonyl (C=O) groups excluding carboxylic acids is 1. The number of rotatable bonds is 47. The van der Waals surface area contributed by atoms with Crippen molar-refractivity contribution in [2.45, 2.75) is 249 Å². The predicted molar refractivity (Wildman–Crippen MR) is 308 cm³/mol. The summed E-state index contributed by atoms with van der Waals surface area (Å²) in [5.74, 6) is -0.207. The molecule has 0 bridgehead atoms. The second kappa shape index (κ2) is 51.8. The van der Waals surface area contributed by atoms with Crippen LogP contribution in [0.15, 0.2) is 134 Å². The first-order valence-electron chi connectivity index (χ1n) is 28.9. The molecule has 0 aromatic heterocycles. The molecule has 0 saturated carbocycles. The zero-order valence-electron chi connectivity index (χ0n) is 45.8. The fourth-order valence-corrected chi connectivity index (χ4v) is 8.18. The number of hydrogen-bond donors (Lipinski definition) is 6. The first-order chi connectivity index (χ1) is 35.8. The van der Waals surface area contributed by atoms with Crippen LogP contribution in [0.2, 0.25) is 0 Å². The predicted octanol–water partition coefficient (Wildman–Crippen LogP) is 14.5. The van der Waals surface area contributed by atoms with Crippen molar-refractivity contribution in [2.24, 2.45) is 0 Å². The second-order valence-corrected chi connectivity index (χ2v) is 19.4. The lowest BCUT2D eigenvalue weighted by molar-refractivity contribution is -0.302. The first kappa shape index (κ1) is 67.3. The van der Waals surface area contributed by atoms with Crippen LogP contribution in [0, 0.1) is 0 Å². The van der Waals surface area contributed by atoms with E-state index in [9.17, 15) is 30.3 Å². The van der Waals surface area contributed by atoms with Gasteiger partial charge in [0.15, 0.2) is 6.29 Å². The highest BCUT2D eigenvalue weighted by Crippen LogP contribution is 2.23. The van der Waals surface area contributed by atoms with Gasteiger partial charge in [0, 0.05) is 6.42 Å². The highest BCUT2D eigenvalue weighted by Gasteiger charge is 2.44. The van der Waals surface area contributed by atoms with Gasteiger partial charge in [0.05, 0.1) is 25.4 Å². The van der Waals surface area contributed by atoms with E-state index in [0.717, 1.165) is 116 Å². The number of aliphatic hydroxyl groups excluding tert-OH is 5. The molecule has 1 fully saturated rings. The number of carbonyl (C=O) groups is 1. The molecule has 7 unspecified atom stereocenters. The van der Waals surface area contributed by atoms with E-state index in [1.807, 2.05) is 6.08 Å². The number of hydrogen-bond acceptors (Lipinski definition) is 8. The average Bonchev–Trinajstić information content (AvgIpc) is 3.39. The molecule has 73 heavy (non-hydrogen) atoms. The van der Waals surface area contributed by atoms with Gasteiger partial charge in [0.1, 0.15) is 24.4 Å². The molecule has 0 aliphatic carbocycles. The Bertz CT molecular complexity index is 1600. The normalized spacial score (nSPS) is 20.1. The van der Waals surface area contributed by atoms with Gasteiger partial charge in [0.2, 0.25) is 5.91 Å². The summed E-state index contributed by atoms with van der Waals surface area (Å²) in [5.41, 5.74) is 0. The maximum atomic E-state index is 13.0. The Labute approximate surface area is 445 Å². The molecule has 1 saturated heterocycles. The Hall–Kier alpha value is -3.67. The summed E-state index contributed by atoms with van der Waals surface area (Å²) in [6.45, 7) is 3.63. The molecule has 0 radical (unpaired) electrons. The van der Waals surface area contributed by atoms with Crippen LogP contribution in [0.4, 0.5) is 0 Å². The Balaban J connectivity index is 2.24. The third-order valence-electron chi connectivity index (χ3n) is 12.7. The monoisotopic (exact) mass is 1020 g/mol. The number of nitrogens with one attached hydrogen (secondary N) is 1. The molecule has 9 heteroatoms. The minimum atomic E-state index is -1.58. The molecule has 6 N–H and O–H groups in total. The molecule has 0 aromatic carbocycles. The topological polar surface area (TPSA) is 149 Å². The van der Waals surface area contributed by atoms with Crippen molar-refractivity contribution in [1.82, 2.24) is 5.32 Å². The zero-order valence-corrected chi connectivity index (χ0v) is 45.8. The van der Waals surface area contributed by atoms with Crippen molar-refractivity contribution in [2.75, 3.05) is 13.2 Å². The molecule has 0 spiro atoms. The van der Waals surface area contributed by atoms with Crippen molar-refractivity contribution in [3.8, 4) is 0 Å². The van der Waals surface area contributed by atoms with Crippen molar-refractivity contribution in [1.29, 1.82) is 0 Å². The van der Waals surface area contributed by atoms with E-state index in [1.54, 1.807) is 6.08 Å². The van der Waals surface area contributed by atoms with Gasteiger partial charge in [-0.15, -0.1) is 0 Å². The van der Waals surface area contributed by atoms with Crippen molar-refractivity contribution in [3.05, 3.63) is 134 Å². The fraction of sp³-hybridized carbons (Fsp3) is 0.641. The van der Waals surface area contributed by atoms with Gasteiger partial charge in [-0.1, -0.05) is 237 Å². The molecular formula is C64H105NO8. The smallest absolute Gasteiger partial charge is 0.220 e. The standard InChI is InChI=1S/C64H105NO8/c1-3-5-7-9-11-13-15-17-19-20-21-22-23-24-25-26-27-28-29-30-31-32-33-34-35-36-37-38-40-42-44-46-48-50-52-54-60(68)65-57(56-72-64-63(71)62(70)61(69)59(55-66)73-64)58(67)53-51-49-47-45-43-41-39-18-16-14-12-10-8-6-4-2/h5,7,11,13,17,19,21-22,24-25,27-28,30-31,33-34,36-37,40,42,51,53,57-59,61-64,66-67,69-71H,3-4,6,8-10,12,14-16,18,20,23,26,29,32,35,38-39,41,43-50,52,54-56H2,1-2H3,(H,65,68)/b7-5-,13-11-,19-17-,22-21-,25-24-,28-27-,31-30-,34-33-,37-36-,42-40-,53-51+. The van der Waals surface area contributed by atoms with Crippen LogP contribution in [0.3, 0.4) is 0 Å². The minimum absolute atomic E-state index is 0.207. The first-order valence-corrected chi connectivity index (χ1v) is 28.9. The molecule has 1 heterocycles. The van der Waals surface area contributed by atoms with Crippen molar-refractivity contribution >= 4 is 5.91 Å². The van der Waals surface area contributed by atoms with E-state index in [1.165, 1.54) is 70.6 Å². The van der Waals surface area contributed by atoms with Crippen LogP contribution in [0.1, 0.15) is 206 Å². The lowest BCUT2D eigenvalue weighted by Crippen LogP contribution is -2.60. The van der Waals surface area contributed by atoms with Gasteiger partial charge in [-0.3, -0.25) is 4.79 Å². The number of aliphatic hydroxyl groups is 5. The third kappa shape index (κ3) is 41.3. The Morgan fingerprint density at radius 1 is 0.479 bits per heavy atom. The zero-order chi connectivity index (χ0) is 52.9. The van der Waals surface area contributed by atoms with Crippen LogP contribution in [-0.2, 0) is 14.3 Å². The summed E-state index contributed by atoms with van der Waals surface area (Å²) < 4.78 is 11.2. The van der Waals surface area contributed by atoms with Gasteiger partial charge in [-0.25, -0.2) is 0 Å². The van der Waals surface area contributed by atoms with Gasteiger partial charge >= 0.3 is 0 Å². The molecule has 1 aliphatic heterocycles. The summed E-state index contributed by atoms with van der Waals surface area (Å²) >= 11 is 0. The van der Waals surface area contributed by atoms with E-state index < -0.39 is 49.5 Å². The minimum Gasteiger partial charge on any atom is -0.394 e. The van der Waals surface area contributed by atoms with Crippen LogP contribution in [0.25, 0.3) is 0 Å². The third-order valence-corrected chi connectivity index (χ3v) is 12.7. The molecule has 1 rings (SSSR count). The lowest BCUT2D eigenvalue weighted by Gasteiger charge is -2.40. The molecular weight excluding hydrogens is 911 g/mol. The molecule has 9 nitrogen and oxygen atoms in total. The molecule has 414 valence electrons. The van der Waals surface area contributed by atoms with E-state index in [2.05, 4.69) is 141 Å². The van der Waals surface area contributed by atoms with E-state index >= 15 is 0 Å². The van der Waals surface area contributed by atoms with E-state index in [4.69, 9.17) is 9.47 Å². The Kier molecular flexibility index (Phi) is 47.8. The van der Waals surface area contributed by atoms with Crippen molar-refractivity contribution in [3.63, 3.8) is 0 Å². The van der Waals surface area contributed by atoms with Crippen molar-refractivity contribution < 1.29 is 39.8 Å². The quantitative estimate of drug-likeness (QED) is 0.0261. The summed E-state index contributed by atoms with van der Waals surface area (Å²) in [6.07, 6.45) is 72.2. The lowest BCUT2D eigenvalue weighted by atomic mass is 9.99. The van der Waals surface area contributed by atoms with Crippen LogP contribution < -0.4 is 5.32 Å². The summed E-state index contributed by atoms with van der Waals surface area (Å²) in [7, 11) is 0. The summed E-state index contributed by atoms with van der Waals surface area (Å²) in [4.78, 5) is 13.0. The number of unbranched alkanes of at least 4 members (excludes halogenated alkanes) is 17. The van der Waals surface area contributed by atoms with Crippen LogP contribution in [-0.4, -0.2) is 87.5 Å². The van der Waals surface area contributed by atoms with Crippen LogP contribution >= 0.6 is 0 Å². The van der Waals surface area contributed by atoms with Gasteiger partial charge in [0.25, 0.3) is 0 Å². The van der Waals surface area contributed by atoms with Gasteiger partial charge < -0.3 is 40.3 Å². The second-order valence-electron chi connectivity index (χ2n) is 19.4. The maximum Gasteiger partial charge on any atom is 0.220 e. The highest BCUT2D eigenvalue weighted by atomic mass is 16.7. The molecule has 0 aromatic rings.